The van der Waals surface area contributed by atoms with Crippen LogP contribution < -0.4 is 14.9 Å². The van der Waals surface area contributed by atoms with E-state index in [-0.39, 0.29) is 11.3 Å². The van der Waals surface area contributed by atoms with Crippen LogP contribution in [0.2, 0.25) is 0 Å². The molecule has 2 aromatic rings. The smallest absolute Gasteiger partial charge is 0.273 e. The minimum atomic E-state index is -0.535. The number of carbonyl (C=O) groups excluding carboxylic acids is 1. The Morgan fingerprint density at radius 3 is 2.64 bits per heavy atom. The van der Waals surface area contributed by atoms with Crippen molar-refractivity contribution in [2.75, 3.05) is 13.2 Å². The van der Waals surface area contributed by atoms with E-state index in [2.05, 4.69) is 10.5 Å². The summed E-state index contributed by atoms with van der Waals surface area (Å²) >= 11 is 0. The van der Waals surface area contributed by atoms with Crippen LogP contribution in [0.5, 0.6) is 11.5 Å². The van der Waals surface area contributed by atoms with Crippen LogP contribution in [0.25, 0.3) is 0 Å². The molecule has 28 heavy (non-hydrogen) atoms. The number of hydrazone groups is 1. The summed E-state index contributed by atoms with van der Waals surface area (Å²) in [6.07, 6.45) is 2.35. The van der Waals surface area contributed by atoms with E-state index in [1.54, 1.807) is 25.1 Å². The number of ether oxygens (including phenoxy) is 2. The van der Waals surface area contributed by atoms with Crippen molar-refractivity contribution in [2.24, 2.45) is 5.10 Å². The Labute approximate surface area is 163 Å². The molecule has 0 unspecified atom stereocenters. The quantitative estimate of drug-likeness (QED) is 0.401. The highest BCUT2D eigenvalue weighted by atomic mass is 16.6. The zero-order valence-corrected chi connectivity index (χ0v) is 16.1. The fourth-order valence-corrected chi connectivity index (χ4v) is 2.38. The Balaban J connectivity index is 2.09. The monoisotopic (exact) mass is 385 g/mol. The molecule has 2 aromatic carbocycles. The van der Waals surface area contributed by atoms with E-state index in [0.29, 0.717) is 35.8 Å². The number of nitro groups is 1. The van der Waals surface area contributed by atoms with Crippen molar-refractivity contribution in [3.8, 4) is 11.5 Å². The fraction of sp³-hybridized carbons (Fsp3) is 0.300. The van der Waals surface area contributed by atoms with Gasteiger partial charge in [-0.25, -0.2) is 5.43 Å². The normalized spacial score (nSPS) is 10.7. The van der Waals surface area contributed by atoms with Gasteiger partial charge in [0.1, 0.15) is 0 Å². The Kier molecular flexibility index (Phi) is 7.50. The minimum absolute atomic E-state index is 0.111. The van der Waals surface area contributed by atoms with E-state index < -0.39 is 10.8 Å². The molecule has 0 saturated carbocycles. The van der Waals surface area contributed by atoms with Gasteiger partial charge in [0.25, 0.3) is 11.6 Å². The van der Waals surface area contributed by atoms with Crippen molar-refractivity contribution >= 4 is 17.8 Å². The highest BCUT2D eigenvalue weighted by molar-refractivity contribution is 5.95. The summed E-state index contributed by atoms with van der Waals surface area (Å²) in [6, 6.07) is 9.61. The van der Waals surface area contributed by atoms with Crippen LogP contribution in [0.1, 0.15) is 41.8 Å². The molecule has 1 amide bonds. The summed E-state index contributed by atoms with van der Waals surface area (Å²) in [5.41, 5.74) is 3.61. The number of aryl methyl sites for hydroxylation is 1. The molecule has 8 nitrogen and oxygen atoms in total. The zero-order valence-electron chi connectivity index (χ0n) is 16.1. The fourth-order valence-electron chi connectivity index (χ4n) is 2.38. The number of nitrogens with one attached hydrogen (secondary N) is 1. The third-order valence-corrected chi connectivity index (χ3v) is 3.78. The Morgan fingerprint density at radius 2 is 1.96 bits per heavy atom. The van der Waals surface area contributed by atoms with Gasteiger partial charge in [-0.2, -0.15) is 5.10 Å². The lowest BCUT2D eigenvalue weighted by molar-refractivity contribution is -0.385. The molecule has 8 heteroatoms. The van der Waals surface area contributed by atoms with Crippen molar-refractivity contribution in [3.05, 3.63) is 63.2 Å². The molecule has 2 rings (SSSR count). The molecule has 0 aliphatic rings. The first-order valence-electron chi connectivity index (χ1n) is 8.94. The van der Waals surface area contributed by atoms with Gasteiger partial charge in [-0.1, -0.05) is 13.0 Å². The predicted octanol–water partition coefficient (Wildman–Crippen LogP) is 3.85. The van der Waals surface area contributed by atoms with Crippen molar-refractivity contribution in [1.82, 2.24) is 5.43 Å². The van der Waals surface area contributed by atoms with E-state index in [4.69, 9.17) is 9.47 Å². The summed E-state index contributed by atoms with van der Waals surface area (Å²) in [7, 11) is 0. The van der Waals surface area contributed by atoms with Gasteiger partial charge in [0.15, 0.2) is 11.5 Å². The molecule has 0 saturated heterocycles. The minimum Gasteiger partial charge on any atom is -0.490 e. The zero-order chi connectivity index (χ0) is 20.5. The van der Waals surface area contributed by atoms with Crippen LogP contribution in [-0.2, 0) is 0 Å². The number of hydrogen-bond acceptors (Lipinski definition) is 6. The van der Waals surface area contributed by atoms with Gasteiger partial charge < -0.3 is 9.47 Å². The predicted molar refractivity (Wildman–Crippen MR) is 106 cm³/mol. The van der Waals surface area contributed by atoms with Crippen LogP contribution in [0.15, 0.2) is 41.5 Å². The maximum absolute atomic E-state index is 12.2. The molecule has 0 atom stereocenters. The third kappa shape index (κ3) is 5.54. The summed E-state index contributed by atoms with van der Waals surface area (Å²) in [4.78, 5) is 22.6. The van der Waals surface area contributed by atoms with Gasteiger partial charge in [0.2, 0.25) is 0 Å². The van der Waals surface area contributed by atoms with Crippen molar-refractivity contribution < 1.29 is 19.2 Å². The molecule has 1 N–H and O–H groups in total. The van der Waals surface area contributed by atoms with E-state index in [0.717, 1.165) is 6.42 Å². The van der Waals surface area contributed by atoms with Gasteiger partial charge in [0.05, 0.1) is 24.4 Å². The number of benzene rings is 2. The molecule has 0 aliphatic carbocycles. The van der Waals surface area contributed by atoms with E-state index in [1.165, 1.54) is 24.4 Å². The second-order valence-electron chi connectivity index (χ2n) is 5.95. The second-order valence-corrected chi connectivity index (χ2v) is 5.95. The molecular formula is C20H23N3O5. The number of nitrogens with zero attached hydrogens (tertiary/aromatic N) is 2. The highest BCUT2D eigenvalue weighted by Crippen LogP contribution is 2.28. The molecule has 0 fully saturated rings. The molecule has 148 valence electrons. The average Bonchev–Trinajstić information content (AvgIpc) is 2.67. The van der Waals surface area contributed by atoms with Gasteiger partial charge in [-0.15, -0.1) is 0 Å². The van der Waals surface area contributed by atoms with Crippen LogP contribution in [0.3, 0.4) is 0 Å². The Bertz CT molecular complexity index is 880. The van der Waals surface area contributed by atoms with E-state index in [1.807, 2.05) is 13.8 Å². The Morgan fingerprint density at radius 1 is 1.18 bits per heavy atom. The van der Waals surface area contributed by atoms with Crippen molar-refractivity contribution in [1.29, 1.82) is 0 Å². The molecule has 0 heterocycles. The summed E-state index contributed by atoms with van der Waals surface area (Å²) in [6.45, 7) is 6.60. The SMILES string of the molecule is CCCOc1ccc(/C=N\NC(=O)c2ccc(C)c([N+](=O)[O-])c2)cc1OCC. The van der Waals surface area contributed by atoms with E-state index in [9.17, 15) is 14.9 Å². The number of amides is 1. The van der Waals surface area contributed by atoms with Crippen LogP contribution in [0, 0.1) is 17.0 Å². The Hall–Kier alpha value is -3.42. The number of nitro benzene ring substituents is 1. The van der Waals surface area contributed by atoms with Crippen molar-refractivity contribution in [2.45, 2.75) is 27.2 Å². The molecule has 0 aromatic heterocycles. The third-order valence-electron chi connectivity index (χ3n) is 3.78. The van der Waals surface area contributed by atoms with Gasteiger partial charge >= 0.3 is 0 Å². The molecule has 0 spiro atoms. The highest BCUT2D eigenvalue weighted by Gasteiger charge is 2.14. The van der Waals surface area contributed by atoms with Crippen LogP contribution >= 0.6 is 0 Å². The summed E-state index contributed by atoms with van der Waals surface area (Å²) in [5, 5.41) is 14.9. The first kappa shape index (κ1) is 20.9. The molecular weight excluding hydrogens is 362 g/mol. The molecule has 0 aliphatic heterocycles. The van der Waals surface area contributed by atoms with E-state index >= 15 is 0 Å². The first-order valence-corrected chi connectivity index (χ1v) is 8.94. The lowest BCUT2D eigenvalue weighted by Crippen LogP contribution is -2.17. The lowest BCUT2D eigenvalue weighted by atomic mass is 10.1. The standard InChI is InChI=1S/C20H23N3O5/c1-4-10-28-18-9-7-15(11-19(18)27-5-2)13-21-22-20(24)16-8-6-14(3)17(12-16)23(25)26/h6-9,11-13H,4-5,10H2,1-3H3,(H,22,24)/b21-13-. The van der Waals surface area contributed by atoms with Gasteiger partial charge in [0, 0.05) is 17.2 Å². The van der Waals surface area contributed by atoms with Gasteiger partial charge in [-0.05, 0) is 50.1 Å². The lowest BCUT2D eigenvalue weighted by Gasteiger charge is -2.11. The van der Waals surface area contributed by atoms with Crippen molar-refractivity contribution in [3.63, 3.8) is 0 Å². The number of hydrogen-bond donors (Lipinski definition) is 1. The van der Waals surface area contributed by atoms with Crippen LogP contribution in [0.4, 0.5) is 5.69 Å². The first-order chi connectivity index (χ1) is 13.5. The molecule has 0 bridgehead atoms. The maximum atomic E-state index is 12.2. The average molecular weight is 385 g/mol. The maximum Gasteiger partial charge on any atom is 0.273 e. The molecule has 0 radical (unpaired) electrons. The number of rotatable bonds is 9. The largest absolute Gasteiger partial charge is 0.490 e. The number of carbonyl (C=O) groups is 1. The topological polar surface area (TPSA) is 103 Å². The van der Waals surface area contributed by atoms with Crippen LogP contribution in [-0.4, -0.2) is 30.3 Å². The second kappa shape index (κ2) is 10.1. The summed E-state index contributed by atoms with van der Waals surface area (Å²) < 4.78 is 11.2. The summed E-state index contributed by atoms with van der Waals surface area (Å²) in [5.74, 6) is 0.713. The van der Waals surface area contributed by atoms with Gasteiger partial charge in [-0.3, -0.25) is 14.9 Å².